The van der Waals surface area contributed by atoms with Crippen LogP contribution in [0.5, 0.6) is 0 Å². The number of hydrogen-bond acceptors (Lipinski definition) is 4. The van der Waals surface area contributed by atoms with Crippen LogP contribution < -0.4 is 0 Å². The standard InChI is InChI=1S/C9H19NO5S/c1-2-5-10(6-7-11)16(14,15)8-3-4-9(12)13/h11H,2-8H2,1H3,(H,12,13). The van der Waals surface area contributed by atoms with Crippen molar-refractivity contribution in [3.05, 3.63) is 0 Å². The molecule has 0 rings (SSSR count). The SMILES string of the molecule is CCCN(CCO)S(=O)(=O)CCCC(=O)O. The van der Waals surface area contributed by atoms with Gasteiger partial charge in [0, 0.05) is 19.5 Å². The van der Waals surface area contributed by atoms with E-state index >= 15 is 0 Å². The Hall–Kier alpha value is -0.660. The first-order chi connectivity index (χ1) is 7.44. The van der Waals surface area contributed by atoms with E-state index in [4.69, 9.17) is 10.2 Å². The van der Waals surface area contributed by atoms with E-state index < -0.39 is 16.0 Å². The Morgan fingerprint density at radius 2 is 1.94 bits per heavy atom. The van der Waals surface area contributed by atoms with Crippen LogP contribution in [-0.2, 0) is 14.8 Å². The predicted octanol–water partition coefficient (Wildman–Crippen LogP) is -0.115. The average Bonchev–Trinajstić information content (AvgIpc) is 2.16. The van der Waals surface area contributed by atoms with E-state index in [-0.39, 0.29) is 31.7 Å². The van der Waals surface area contributed by atoms with Crippen molar-refractivity contribution in [2.75, 3.05) is 25.4 Å². The molecule has 0 aromatic heterocycles. The highest BCUT2D eigenvalue weighted by molar-refractivity contribution is 7.89. The Labute approximate surface area is 95.9 Å². The van der Waals surface area contributed by atoms with Gasteiger partial charge in [0.2, 0.25) is 10.0 Å². The summed E-state index contributed by atoms with van der Waals surface area (Å²) in [6.45, 7) is 2.05. The van der Waals surface area contributed by atoms with Gasteiger partial charge >= 0.3 is 5.97 Å². The van der Waals surface area contributed by atoms with Crippen molar-refractivity contribution in [1.82, 2.24) is 4.31 Å². The molecule has 0 saturated heterocycles. The number of nitrogens with zero attached hydrogens (tertiary/aromatic N) is 1. The fourth-order valence-electron chi connectivity index (χ4n) is 1.29. The number of carboxylic acid groups (broad SMARTS) is 1. The van der Waals surface area contributed by atoms with Crippen LogP contribution in [0.4, 0.5) is 0 Å². The van der Waals surface area contributed by atoms with Crippen molar-refractivity contribution in [2.24, 2.45) is 0 Å². The molecule has 0 aliphatic heterocycles. The van der Waals surface area contributed by atoms with Gasteiger partial charge in [-0.2, -0.15) is 4.31 Å². The summed E-state index contributed by atoms with van der Waals surface area (Å²) in [5.41, 5.74) is 0. The van der Waals surface area contributed by atoms with Crippen LogP contribution in [-0.4, -0.2) is 54.4 Å². The smallest absolute Gasteiger partial charge is 0.303 e. The molecule has 0 aliphatic carbocycles. The highest BCUT2D eigenvalue weighted by atomic mass is 32.2. The predicted molar refractivity (Wildman–Crippen MR) is 59.6 cm³/mol. The molecule has 0 unspecified atom stereocenters. The Morgan fingerprint density at radius 1 is 1.31 bits per heavy atom. The van der Waals surface area contributed by atoms with Crippen LogP contribution in [0.1, 0.15) is 26.2 Å². The monoisotopic (exact) mass is 253 g/mol. The quantitative estimate of drug-likeness (QED) is 0.597. The molecular weight excluding hydrogens is 234 g/mol. The molecule has 0 atom stereocenters. The van der Waals surface area contributed by atoms with Gasteiger partial charge in [0.25, 0.3) is 0 Å². The second kappa shape index (κ2) is 7.59. The molecule has 96 valence electrons. The van der Waals surface area contributed by atoms with Crippen LogP contribution in [0.2, 0.25) is 0 Å². The summed E-state index contributed by atoms with van der Waals surface area (Å²) in [6.07, 6.45) is 0.611. The number of rotatable bonds is 9. The van der Waals surface area contributed by atoms with Crippen molar-refractivity contribution in [3.8, 4) is 0 Å². The van der Waals surface area contributed by atoms with Crippen LogP contribution in [0.3, 0.4) is 0 Å². The molecule has 0 fully saturated rings. The summed E-state index contributed by atoms with van der Waals surface area (Å²) >= 11 is 0. The van der Waals surface area contributed by atoms with E-state index in [2.05, 4.69) is 0 Å². The third kappa shape index (κ3) is 6.04. The number of aliphatic hydroxyl groups excluding tert-OH is 1. The van der Waals surface area contributed by atoms with Gasteiger partial charge in [-0.25, -0.2) is 8.42 Å². The zero-order valence-electron chi connectivity index (χ0n) is 9.42. The lowest BCUT2D eigenvalue weighted by molar-refractivity contribution is -0.137. The number of aliphatic carboxylic acids is 1. The first-order valence-electron chi connectivity index (χ1n) is 5.24. The first-order valence-corrected chi connectivity index (χ1v) is 6.85. The Bertz CT molecular complexity index is 295. The normalized spacial score (nSPS) is 11.9. The lowest BCUT2D eigenvalue weighted by Crippen LogP contribution is -2.36. The Kier molecular flexibility index (Phi) is 7.27. The van der Waals surface area contributed by atoms with E-state index in [1.54, 1.807) is 0 Å². The second-order valence-corrected chi connectivity index (χ2v) is 5.52. The molecule has 0 bridgehead atoms. The lowest BCUT2D eigenvalue weighted by Gasteiger charge is -2.20. The van der Waals surface area contributed by atoms with Crippen LogP contribution in [0, 0.1) is 0 Å². The number of sulfonamides is 1. The van der Waals surface area contributed by atoms with E-state index in [0.717, 1.165) is 0 Å². The molecule has 16 heavy (non-hydrogen) atoms. The number of hydrogen-bond donors (Lipinski definition) is 2. The van der Waals surface area contributed by atoms with E-state index in [1.165, 1.54) is 4.31 Å². The maximum atomic E-state index is 11.7. The Morgan fingerprint density at radius 3 is 2.38 bits per heavy atom. The molecule has 0 radical (unpaired) electrons. The summed E-state index contributed by atoms with van der Waals surface area (Å²) in [4.78, 5) is 10.3. The van der Waals surface area contributed by atoms with Gasteiger partial charge in [-0.15, -0.1) is 0 Å². The summed E-state index contributed by atoms with van der Waals surface area (Å²) in [7, 11) is -3.43. The molecule has 0 aromatic rings. The molecule has 0 aromatic carbocycles. The summed E-state index contributed by atoms with van der Waals surface area (Å²) < 4.78 is 24.6. The van der Waals surface area contributed by atoms with Gasteiger partial charge in [-0.3, -0.25) is 4.79 Å². The lowest BCUT2D eigenvalue weighted by atomic mass is 10.3. The van der Waals surface area contributed by atoms with Gasteiger partial charge in [0.05, 0.1) is 12.4 Å². The van der Waals surface area contributed by atoms with Crippen molar-refractivity contribution in [2.45, 2.75) is 26.2 Å². The zero-order chi connectivity index (χ0) is 12.6. The van der Waals surface area contributed by atoms with Crippen molar-refractivity contribution in [1.29, 1.82) is 0 Å². The van der Waals surface area contributed by atoms with Crippen molar-refractivity contribution >= 4 is 16.0 Å². The Balaban J connectivity index is 4.29. The van der Waals surface area contributed by atoms with Crippen molar-refractivity contribution in [3.63, 3.8) is 0 Å². The average molecular weight is 253 g/mol. The maximum absolute atomic E-state index is 11.7. The van der Waals surface area contributed by atoms with Crippen molar-refractivity contribution < 1.29 is 23.4 Å². The molecule has 6 nitrogen and oxygen atoms in total. The van der Waals surface area contributed by atoms with Crippen LogP contribution >= 0.6 is 0 Å². The highest BCUT2D eigenvalue weighted by Gasteiger charge is 2.20. The van der Waals surface area contributed by atoms with E-state index in [9.17, 15) is 13.2 Å². The second-order valence-electron chi connectivity index (χ2n) is 3.44. The molecule has 0 saturated carbocycles. The third-order valence-corrected chi connectivity index (χ3v) is 3.97. The fraction of sp³-hybridized carbons (Fsp3) is 0.889. The maximum Gasteiger partial charge on any atom is 0.303 e. The number of carbonyl (C=O) groups is 1. The molecule has 0 amide bonds. The molecule has 0 aliphatic rings. The molecule has 2 N–H and O–H groups in total. The van der Waals surface area contributed by atoms with Crippen LogP contribution in [0.25, 0.3) is 0 Å². The van der Waals surface area contributed by atoms with Gasteiger partial charge in [-0.05, 0) is 12.8 Å². The van der Waals surface area contributed by atoms with Gasteiger partial charge in [-0.1, -0.05) is 6.92 Å². The molecule has 0 spiro atoms. The minimum absolute atomic E-state index is 0.0727. The first kappa shape index (κ1) is 15.3. The topological polar surface area (TPSA) is 94.9 Å². The van der Waals surface area contributed by atoms with E-state index in [1.807, 2.05) is 6.92 Å². The molecular formula is C9H19NO5S. The minimum atomic E-state index is -3.43. The molecule has 7 heteroatoms. The summed E-state index contributed by atoms with van der Waals surface area (Å²) in [6, 6.07) is 0. The van der Waals surface area contributed by atoms with Crippen LogP contribution in [0.15, 0.2) is 0 Å². The zero-order valence-corrected chi connectivity index (χ0v) is 10.2. The highest BCUT2D eigenvalue weighted by Crippen LogP contribution is 2.05. The fourth-order valence-corrected chi connectivity index (χ4v) is 2.87. The largest absolute Gasteiger partial charge is 0.481 e. The molecule has 0 heterocycles. The van der Waals surface area contributed by atoms with E-state index in [0.29, 0.717) is 13.0 Å². The van der Waals surface area contributed by atoms with Gasteiger partial charge < -0.3 is 10.2 Å². The summed E-state index contributed by atoms with van der Waals surface area (Å²) in [5.74, 6) is -1.18. The number of carboxylic acids is 1. The summed E-state index contributed by atoms with van der Waals surface area (Å²) in [5, 5.41) is 17.1. The van der Waals surface area contributed by atoms with Gasteiger partial charge in [0.15, 0.2) is 0 Å². The third-order valence-electron chi connectivity index (χ3n) is 2.01. The number of aliphatic hydroxyl groups is 1. The minimum Gasteiger partial charge on any atom is -0.481 e. The van der Waals surface area contributed by atoms with Gasteiger partial charge in [0.1, 0.15) is 0 Å².